The van der Waals surface area contributed by atoms with Crippen molar-refractivity contribution in [2.45, 2.75) is 36.7 Å². The van der Waals surface area contributed by atoms with Crippen LogP contribution < -0.4 is 0 Å². The summed E-state index contributed by atoms with van der Waals surface area (Å²) in [6, 6.07) is 0. The highest BCUT2D eigenvalue weighted by molar-refractivity contribution is 7.89. The third-order valence-corrected chi connectivity index (χ3v) is 4.82. The Morgan fingerprint density at radius 2 is 2.28 bits per heavy atom. The first-order valence-corrected chi connectivity index (χ1v) is 7.18. The van der Waals surface area contributed by atoms with Crippen LogP contribution in [0.3, 0.4) is 0 Å². The van der Waals surface area contributed by atoms with Gasteiger partial charge >= 0.3 is 0 Å². The van der Waals surface area contributed by atoms with Crippen LogP contribution in [0.25, 0.3) is 0 Å². The molecule has 0 aromatic carbocycles. The second-order valence-electron chi connectivity index (χ2n) is 4.10. The fraction of sp³-hybridized carbons (Fsp3) is 0.600. The summed E-state index contributed by atoms with van der Waals surface area (Å²) in [5, 5.41) is 6.11. The molecule has 0 spiro atoms. The number of isocyanates is 1. The predicted octanol–water partition coefficient (Wildman–Crippen LogP) is 0.636. The lowest BCUT2D eigenvalue weighted by atomic mass is 10.2. The smallest absolute Gasteiger partial charge is 0.248 e. The van der Waals surface area contributed by atoms with Crippen molar-refractivity contribution in [3.63, 3.8) is 0 Å². The van der Waals surface area contributed by atoms with Gasteiger partial charge in [0.2, 0.25) is 16.1 Å². The maximum atomic E-state index is 12.4. The molecular formula is C10H14N4O3S. The summed E-state index contributed by atoms with van der Waals surface area (Å²) in [4.78, 5) is 14.1. The average molecular weight is 270 g/mol. The van der Waals surface area contributed by atoms with Crippen molar-refractivity contribution < 1.29 is 13.2 Å². The van der Waals surface area contributed by atoms with Crippen molar-refractivity contribution in [1.82, 2.24) is 14.5 Å². The Balaban J connectivity index is 2.36. The van der Waals surface area contributed by atoms with Crippen LogP contribution in [0.4, 0.5) is 0 Å². The number of hydrogen-bond acceptors (Lipinski definition) is 5. The number of H-pyrrole nitrogens is 1. The first kappa shape index (κ1) is 12.9. The molecule has 0 amide bonds. The van der Waals surface area contributed by atoms with Crippen LogP contribution in [0.2, 0.25) is 0 Å². The molecule has 8 heteroatoms. The highest BCUT2D eigenvalue weighted by Crippen LogP contribution is 2.24. The van der Waals surface area contributed by atoms with E-state index in [-0.39, 0.29) is 4.90 Å². The molecule has 18 heavy (non-hydrogen) atoms. The number of hydrogen-bond donors (Lipinski definition) is 1. The van der Waals surface area contributed by atoms with E-state index in [2.05, 4.69) is 15.2 Å². The number of nitrogens with one attached hydrogen (secondary N) is 1. The quantitative estimate of drug-likeness (QED) is 0.644. The molecule has 1 N–H and O–H groups in total. The van der Waals surface area contributed by atoms with Crippen molar-refractivity contribution in [3.05, 3.63) is 12.4 Å². The van der Waals surface area contributed by atoms with E-state index >= 15 is 0 Å². The van der Waals surface area contributed by atoms with Gasteiger partial charge in [-0.15, -0.1) is 0 Å². The molecule has 1 fully saturated rings. The second kappa shape index (κ2) is 5.43. The van der Waals surface area contributed by atoms with Crippen molar-refractivity contribution in [2.24, 2.45) is 4.99 Å². The molecule has 0 radical (unpaired) electrons. The molecule has 1 aliphatic heterocycles. The van der Waals surface area contributed by atoms with Gasteiger partial charge in [-0.25, -0.2) is 13.2 Å². The van der Waals surface area contributed by atoms with Gasteiger partial charge in [0, 0.05) is 12.7 Å². The Kier molecular flexibility index (Phi) is 3.90. The highest BCUT2D eigenvalue weighted by Gasteiger charge is 2.32. The summed E-state index contributed by atoms with van der Waals surface area (Å²) >= 11 is 0. The second-order valence-corrected chi connectivity index (χ2v) is 5.99. The van der Waals surface area contributed by atoms with Crippen LogP contribution in [0.1, 0.15) is 25.7 Å². The molecule has 0 saturated carbocycles. The van der Waals surface area contributed by atoms with Crippen molar-refractivity contribution in [3.8, 4) is 0 Å². The third kappa shape index (κ3) is 2.50. The maximum Gasteiger partial charge on any atom is 0.248 e. The van der Waals surface area contributed by atoms with Crippen molar-refractivity contribution >= 4 is 16.1 Å². The number of nitrogens with zero attached hydrogens (tertiary/aromatic N) is 3. The van der Waals surface area contributed by atoms with E-state index < -0.39 is 16.2 Å². The number of carbonyl (C=O) groups excluding carboxylic acids is 1. The molecule has 1 atom stereocenters. The predicted molar refractivity (Wildman–Crippen MR) is 62.9 cm³/mol. The average Bonchev–Trinajstić information content (AvgIpc) is 2.78. The lowest BCUT2D eigenvalue weighted by molar-refractivity contribution is 0.330. The first-order chi connectivity index (χ1) is 8.66. The lowest BCUT2D eigenvalue weighted by Gasteiger charge is -2.24. The molecule has 7 nitrogen and oxygen atoms in total. The molecular weight excluding hydrogens is 256 g/mol. The summed E-state index contributed by atoms with van der Waals surface area (Å²) in [7, 11) is -3.65. The van der Waals surface area contributed by atoms with Gasteiger partial charge in [-0.1, -0.05) is 6.42 Å². The Bertz CT molecular complexity index is 533. The molecule has 1 aromatic heterocycles. The van der Waals surface area contributed by atoms with Crippen LogP contribution in [0, 0.1) is 0 Å². The first-order valence-electron chi connectivity index (χ1n) is 5.74. The topological polar surface area (TPSA) is 95.5 Å². The van der Waals surface area contributed by atoms with Gasteiger partial charge in [0.05, 0.1) is 6.20 Å². The Morgan fingerprint density at radius 3 is 2.94 bits per heavy atom. The summed E-state index contributed by atoms with van der Waals surface area (Å²) in [5.41, 5.74) is 0. The van der Waals surface area contributed by atoms with E-state index in [1.807, 2.05) is 0 Å². The van der Waals surface area contributed by atoms with Crippen molar-refractivity contribution in [2.75, 3.05) is 6.54 Å². The molecule has 0 bridgehead atoms. The van der Waals surface area contributed by atoms with E-state index in [0.29, 0.717) is 13.0 Å². The lowest BCUT2D eigenvalue weighted by Crippen LogP contribution is -2.38. The van der Waals surface area contributed by atoms with Gasteiger partial charge in [0.1, 0.15) is 11.1 Å². The number of aliphatic imine (C=N–C) groups is 1. The zero-order valence-corrected chi connectivity index (χ0v) is 10.6. The number of rotatable bonds is 3. The number of aromatic nitrogens is 2. The normalized spacial score (nSPS) is 22.1. The van der Waals surface area contributed by atoms with E-state index in [1.165, 1.54) is 22.8 Å². The van der Waals surface area contributed by atoms with Crippen LogP contribution in [0.5, 0.6) is 0 Å². The Morgan fingerprint density at radius 1 is 1.44 bits per heavy atom. The van der Waals surface area contributed by atoms with Crippen LogP contribution >= 0.6 is 0 Å². The van der Waals surface area contributed by atoms with Gasteiger partial charge in [-0.05, 0) is 19.3 Å². The summed E-state index contributed by atoms with van der Waals surface area (Å²) < 4.78 is 26.0. The van der Waals surface area contributed by atoms with Gasteiger partial charge < -0.3 is 0 Å². The van der Waals surface area contributed by atoms with Gasteiger partial charge in [0.25, 0.3) is 0 Å². The van der Waals surface area contributed by atoms with Gasteiger partial charge in [0.15, 0.2) is 0 Å². The zero-order valence-electron chi connectivity index (χ0n) is 9.74. The molecule has 0 aliphatic carbocycles. The summed E-state index contributed by atoms with van der Waals surface area (Å²) in [5.74, 6) is 0. The standard InChI is InChI=1S/C10H14N4O3S/c15-8-11-10-4-2-1-3-5-14(10)18(16,17)9-6-12-13-7-9/h6-7,10H,1-5H2,(H,12,13). The SMILES string of the molecule is O=C=NC1CCCCCN1S(=O)(=O)c1cn[nH]c1. The monoisotopic (exact) mass is 270 g/mol. The minimum Gasteiger partial charge on any atom is -0.284 e. The molecule has 1 unspecified atom stereocenters. The maximum absolute atomic E-state index is 12.4. The Labute approximate surface area is 105 Å². The zero-order chi connectivity index (χ0) is 13.0. The third-order valence-electron chi connectivity index (χ3n) is 2.95. The van der Waals surface area contributed by atoms with E-state index in [0.717, 1.165) is 19.3 Å². The molecule has 1 saturated heterocycles. The molecule has 2 rings (SSSR count). The fourth-order valence-electron chi connectivity index (χ4n) is 2.05. The largest absolute Gasteiger partial charge is 0.284 e. The summed E-state index contributed by atoms with van der Waals surface area (Å²) in [6.07, 6.45) is 6.48. The molecule has 98 valence electrons. The van der Waals surface area contributed by atoms with Gasteiger partial charge in [-0.3, -0.25) is 5.10 Å². The van der Waals surface area contributed by atoms with E-state index in [1.54, 1.807) is 0 Å². The summed E-state index contributed by atoms with van der Waals surface area (Å²) in [6.45, 7) is 0.364. The number of aromatic amines is 1. The Hall–Kier alpha value is -1.50. The highest BCUT2D eigenvalue weighted by atomic mass is 32.2. The van der Waals surface area contributed by atoms with E-state index in [9.17, 15) is 13.2 Å². The molecule has 1 aliphatic rings. The minimum absolute atomic E-state index is 0.0931. The van der Waals surface area contributed by atoms with Crippen LogP contribution in [-0.4, -0.2) is 41.7 Å². The fourth-order valence-corrected chi connectivity index (χ4v) is 3.55. The minimum atomic E-state index is -3.65. The molecule has 2 heterocycles. The van der Waals surface area contributed by atoms with E-state index in [4.69, 9.17) is 0 Å². The van der Waals surface area contributed by atoms with Gasteiger partial charge in [-0.2, -0.15) is 14.4 Å². The van der Waals surface area contributed by atoms with Crippen molar-refractivity contribution in [1.29, 1.82) is 0 Å². The molecule has 1 aromatic rings. The number of sulfonamides is 1. The van der Waals surface area contributed by atoms with Crippen LogP contribution in [0.15, 0.2) is 22.3 Å². The van der Waals surface area contributed by atoms with Crippen LogP contribution in [-0.2, 0) is 14.8 Å².